The number of ether oxygens (including phenoxy) is 1. The Kier molecular flexibility index (Phi) is 5.42. The van der Waals surface area contributed by atoms with Gasteiger partial charge in [0, 0.05) is 11.1 Å². The SMILES string of the molecule is CCOc1ccc(C(=O)C[n+]2cc(-c3ccc(Cl)c(Cl)c3)n3c2CCC3)cc1. The van der Waals surface area contributed by atoms with Crippen molar-refractivity contribution in [1.82, 2.24) is 4.57 Å². The van der Waals surface area contributed by atoms with Gasteiger partial charge in [-0.1, -0.05) is 23.2 Å². The largest absolute Gasteiger partial charge is 0.494 e. The predicted molar refractivity (Wildman–Crippen MR) is 110 cm³/mol. The summed E-state index contributed by atoms with van der Waals surface area (Å²) in [4.78, 5) is 12.8. The molecule has 0 amide bonds. The molecule has 0 radical (unpaired) electrons. The van der Waals surface area contributed by atoms with Crippen molar-refractivity contribution in [3.05, 3.63) is 70.1 Å². The van der Waals surface area contributed by atoms with Crippen molar-refractivity contribution in [2.24, 2.45) is 0 Å². The van der Waals surface area contributed by atoms with E-state index in [9.17, 15) is 4.79 Å². The van der Waals surface area contributed by atoms with Gasteiger partial charge < -0.3 is 4.74 Å². The van der Waals surface area contributed by atoms with Crippen LogP contribution in [0.15, 0.2) is 48.7 Å². The van der Waals surface area contributed by atoms with E-state index in [1.165, 1.54) is 5.82 Å². The Morgan fingerprint density at radius 3 is 2.64 bits per heavy atom. The van der Waals surface area contributed by atoms with Gasteiger partial charge in [0.15, 0.2) is 12.2 Å². The molecular weight excluding hydrogens is 395 g/mol. The molecular formula is C22H21Cl2N2O2+. The lowest BCUT2D eigenvalue weighted by atomic mass is 10.1. The number of benzene rings is 2. The second-order valence-electron chi connectivity index (χ2n) is 6.82. The van der Waals surface area contributed by atoms with Crippen LogP contribution in [0, 0.1) is 0 Å². The van der Waals surface area contributed by atoms with E-state index in [1.54, 1.807) is 0 Å². The average Bonchev–Trinajstić information content (AvgIpc) is 3.29. The van der Waals surface area contributed by atoms with Crippen molar-refractivity contribution >= 4 is 29.0 Å². The van der Waals surface area contributed by atoms with Crippen LogP contribution in [0.2, 0.25) is 10.0 Å². The summed E-state index contributed by atoms with van der Waals surface area (Å²) in [5.41, 5.74) is 2.75. The number of hydrogen-bond acceptors (Lipinski definition) is 2. The quantitative estimate of drug-likeness (QED) is 0.420. The van der Waals surface area contributed by atoms with Crippen molar-refractivity contribution in [1.29, 1.82) is 0 Å². The minimum Gasteiger partial charge on any atom is -0.494 e. The van der Waals surface area contributed by atoms with Gasteiger partial charge in [0.05, 0.1) is 29.6 Å². The number of rotatable bonds is 6. The lowest BCUT2D eigenvalue weighted by Gasteiger charge is -2.04. The summed E-state index contributed by atoms with van der Waals surface area (Å²) in [7, 11) is 0. The number of carbonyl (C=O) groups is 1. The van der Waals surface area contributed by atoms with E-state index in [-0.39, 0.29) is 5.78 Å². The highest BCUT2D eigenvalue weighted by molar-refractivity contribution is 6.42. The molecule has 4 rings (SSSR count). The van der Waals surface area contributed by atoms with Crippen LogP contribution in [-0.2, 0) is 19.5 Å². The molecule has 2 aromatic carbocycles. The van der Waals surface area contributed by atoms with E-state index < -0.39 is 0 Å². The Bertz CT molecular complexity index is 1030. The van der Waals surface area contributed by atoms with E-state index in [2.05, 4.69) is 9.13 Å². The summed E-state index contributed by atoms with van der Waals surface area (Å²) >= 11 is 12.3. The molecule has 0 bridgehead atoms. The Morgan fingerprint density at radius 2 is 1.93 bits per heavy atom. The molecule has 0 spiro atoms. The highest BCUT2D eigenvalue weighted by Gasteiger charge is 2.30. The van der Waals surface area contributed by atoms with Crippen molar-refractivity contribution < 1.29 is 14.1 Å². The van der Waals surface area contributed by atoms with Crippen LogP contribution in [0.4, 0.5) is 0 Å². The molecule has 1 aliphatic heterocycles. The number of imidazole rings is 1. The van der Waals surface area contributed by atoms with Gasteiger partial charge in [0.2, 0.25) is 5.78 Å². The fraction of sp³-hybridized carbons (Fsp3) is 0.273. The summed E-state index contributed by atoms with van der Waals surface area (Å²) in [6, 6.07) is 13.0. The van der Waals surface area contributed by atoms with Crippen LogP contribution < -0.4 is 9.30 Å². The maximum absolute atomic E-state index is 12.8. The number of aromatic nitrogens is 2. The number of ketones is 1. The monoisotopic (exact) mass is 415 g/mol. The summed E-state index contributed by atoms with van der Waals surface area (Å²) in [5.74, 6) is 2.02. The minimum atomic E-state index is 0.0778. The summed E-state index contributed by atoms with van der Waals surface area (Å²) < 4.78 is 9.78. The number of fused-ring (bicyclic) bond motifs is 1. The molecule has 1 aromatic heterocycles. The molecule has 0 fully saturated rings. The highest BCUT2D eigenvalue weighted by Crippen LogP contribution is 2.30. The van der Waals surface area contributed by atoms with Crippen LogP contribution in [0.5, 0.6) is 5.75 Å². The average molecular weight is 416 g/mol. The van der Waals surface area contributed by atoms with Crippen molar-refractivity contribution in [2.45, 2.75) is 32.9 Å². The molecule has 0 atom stereocenters. The molecule has 2 heterocycles. The lowest BCUT2D eigenvalue weighted by molar-refractivity contribution is -0.689. The number of halogens is 2. The van der Waals surface area contributed by atoms with E-state index in [0.29, 0.717) is 28.8 Å². The fourth-order valence-electron chi connectivity index (χ4n) is 3.68. The normalized spacial score (nSPS) is 12.8. The zero-order valence-electron chi connectivity index (χ0n) is 15.6. The molecule has 0 saturated heterocycles. The molecule has 1 aliphatic rings. The molecule has 0 aliphatic carbocycles. The first-order valence-electron chi connectivity index (χ1n) is 9.40. The minimum absolute atomic E-state index is 0.0778. The van der Waals surface area contributed by atoms with Gasteiger partial charge in [-0.25, -0.2) is 9.13 Å². The molecule has 0 saturated carbocycles. The number of Topliss-reactive ketones (excluding diaryl/α,β-unsaturated/α-hetero) is 1. The topological polar surface area (TPSA) is 35.1 Å². The van der Waals surface area contributed by atoms with Crippen LogP contribution in [0.3, 0.4) is 0 Å². The van der Waals surface area contributed by atoms with Gasteiger partial charge in [-0.3, -0.25) is 4.79 Å². The Morgan fingerprint density at radius 1 is 1.14 bits per heavy atom. The van der Waals surface area contributed by atoms with Gasteiger partial charge >= 0.3 is 0 Å². The third kappa shape index (κ3) is 3.67. The first-order chi connectivity index (χ1) is 13.6. The Hall–Kier alpha value is -2.30. The second-order valence-corrected chi connectivity index (χ2v) is 7.64. The van der Waals surface area contributed by atoms with Crippen molar-refractivity contribution in [3.8, 4) is 17.0 Å². The van der Waals surface area contributed by atoms with Gasteiger partial charge in [-0.15, -0.1) is 0 Å². The van der Waals surface area contributed by atoms with E-state index >= 15 is 0 Å². The van der Waals surface area contributed by atoms with Gasteiger partial charge in [-0.2, -0.15) is 0 Å². The zero-order chi connectivity index (χ0) is 19.7. The molecule has 3 aromatic rings. The Balaban J connectivity index is 1.62. The molecule has 144 valence electrons. The van der Waals surface area contributed by atoms with Crippen LogP contribution in [-0.4, -0.2) is 17.0 Å². The lowest BCUT2D eigenvalue weighted by Crippen LogP contribution is -2.40. The third-order valence-electron chi connectivity index (χ3n) is 5.01. The van der Waals surface area contributed by atoms with Crippen molar-refractivity contribution in [3.63, 3.8) is 0 Å². The maximum Gasteiger partial charge on any atom is 0.257 e. The van der Waals surface area contributed by atoms with Crippen LogP contribution >= 0.6 is 23.2 Å². The van der Waals surface area contributed by atoms with Gasteiger partial charge in [0.25, 0.3) is 5.82 Å². The maximum atomic E-state index is 12.8. The summed E-state index contributed by atoms with van der Waals surface area (Å²) in [5, 5.41) is 1.07. The fourth-order valence-corrected chi connectivity index (χ4v) is 3.98. The predicted octanol–water partition coefficient (Wildman–Crippen LogP) is 4.98. The molecule has 0 unspecified atom stereocenters. The van der Waals surface area contributed by atoms with Crippen molar-refractivity contribution in [2.75, 3.05) is 6.61 Å². The number of hydrogen-bond donors (Lipinski definition) is 0. The van der Waals surface area contributed by atoms with Crippen LogP contribution in [0.25, 0.3) is 11.3 Å². The Labute approximate surface area is 174 Å². The summed E-state index contributed by atoms with van der Waals surface area (Å²) in [6.07, 6.45) is 4.07. The highest BCUT2D eigenvalue weighted by atomic mass is 35.5. The van der Waals surface area contributed by atoms with E-state index in [4.69, 9.17) is 27.9 Å². The second kappa shape index (κ2) is 7.98. The third-order valence-corrected chi connectivity index (χ3v) is 5.75. The number of nitrogens with zero attached hydrogens (tertiary/aromatic N) is 2. The summed E-state index contributed by atoms with van der Waals surface area (Å²) in [6.45, 7) is 3.80. The first-order valence-corrected chi connectivity index (χ1v) is 10.2. The van der Waals surface area contributed by atoms with Crippen LogP contribution in [0.1, 0.15) is 29.5 Å². The number of carbonyl (C=O) groups excluding carboxylic acids is 1. The van der Waals surface area contributed by atoms with Gasteiger partial charge in [0.1, 0.15) is 11.9 Å². The standard InChI is InChI=1S/C22H21Cl2N2O2/c1-2-28-17-8-5-15(6-9-17)21(27)14-25-13-20(26-11-3-4-22(25)26)16-7-10-18(23)19(24)12-16/h5-10,12-13H,2-4,11,14H2,1H3/q+1. The smallest absolute Gasteiger partial charge is 0.257 e. The zero-order valence-corrected chi connectivity index (χ0v) is 17.1. The van der Waals surface area contributed by atoms with E-state index in [1.807, 2.05) is 55.6 Å². The van der Waals surface area contributed by atoms with Gasteiger partial charge in [-0.05, 0) is 55.8 Å². The molecule has 0 N–H and O–H groups in total. The molecule has 28 heavy (non-hydrogen) atoms. The molecule has 6 heteroatoms. The first kappa shape index (κ1) is 19.0. The van der Waals surface area contributed by atoms with E-state index in [0.717, 1.165) is 36.4 Å². The molecule has 4 nitrogen and oxygen atoms in total.